The Kier molecular flexibility index (Phi) is 8.30. The molecule has 214 valence electrons. The highest BCUT2D eigenvalue weighted by Gasteiger charge is 2.40. The van der Waals surface area contributed by atoms with Gasteiger partial charge in [-0.15, -0.1) is 0 Å². The van der Waals surface area contributed by atoms with Crippen molar-refractivity contribution < 1.29 is 24.2 Å². The first-order valence-corrected chi connectivity index (χ1v) is 14.8. The predicted molar refractivity (Wildman–Crippen MR) is 157 cm³/mol. The molecular weight excluding hydrogens is 516 g/mol. The van der Waals surface area contributed by atoms with Gasteiger partial charge in [-0.3, -0.25) is 9.59 Å². The van der Waals surface area contributed by atoms with Crippen molar-refractivity contribution in [1.82, 2.24) is 4.90 Å². The van der Waals surface area contributed by atoms with Gasteiger partial charge in [0.05, 0.1) is 35.6 Å². The lowest BCUT2D eigenvalue weighted by molar-refractivity contribution is -0.276. The topological polar surface area (TPSA) is 79.3 Å². The molecule has 3 aliphatic heterocycles. The average molecular weight is 555 g/mol. The standard InChI is InChI=1S/C34H38N2O5/c1-23-30(21-35-19-7-3-2-4-8-20-35)40-34(41-31(23)25-13-11-24(22-37)12-14-25)26-15-17-27(18-16-26)36-32(38)28-9-5-6-10-29(28)33(36)39/h5-6,9-18,23,30-31,34,37H,2-4,7-8,19-22H2,1H3. The van der Waals surface area contributed by atoms with E-state index in [4.69, 9.17) is 9.47 Å². The van der Waals surface area contributed by atoms with Crippen molar-refractivity contribution in [2.75, 3.05) is 24.5 Å². The van der Waals surface area contributed by atoms with E-state index in [9.17, 15) is 14.7 Å². The highest BCUT2D eigenvalue weighted by Crippen LogP contribution is 2.42. The predicted octanol–water partition coefficient (Wildman–Crippen LogP) is 6.04. The van der Waals surface area contributed by atoms with Crippen LogP contribution in [0.4, 0.5) is 5.69 Å². The van der Waals surface area contributed by atoms with Crippen molar-refractivity contribution in [2.24, 2.45) is 5.92 Å². The van der Waals surface area contributed by atoms with E-state index in [1.54, 1.807) is 36.4 Å². The van der Waals surface area contributed by atoms with E-state index in [0.717, 1.165) is 36.3 Å². The molecule has 0 saturated carbocycles. The maximum Gasteiger partial charge on any atom is 0.266 e. The fourth-order valence-corrected chi connectivity index (χ4v) is 6.28. The Morgan fingerprint density at radius 3 is 1.95 bits per heavy atom. The second-order valence-electron chi connectivity index (χ2n) is 11.5. The molecule has 0 aromatic heterocycles. The second-order valence-corrected chi connectivity index (χ2v) is 11.5. The monoisotopic (exact) mass is 554 g/mol. The second kappa shape index (κ2) is 12.2. The van der Waals surface area contributed by atoms with Crippen molar-refractivity contribution in [1.29, 1.82) is 0 Å². The Bertz CT molecular complexity index is 1330. The Morgan fingerprint density at radius 2 is 1.34 bits per heavy atom. The van der Waals surface area contributed by atoms with Crippen LogP contribution in [0.25, 0.3) is 0 Å². The molecular formula is C34H38N2O5. The first kappa shape index (κ1) is 27.8. The molecule has 7 nitrogen and oxygen atoms in total. The minimum Gasteiger partial charge on any atom is -0.392 e. The SMILES string of the molecule is CC1C(CN2CCCCCCC2)OC(c2ccc(N3C(=O)c4ccccc4C3=O)cc2)OC1c1ccc(CO)cc1. The van der Waals surface area contributed by atoms with Gasteiger partial charge in [-0.25, -0.2) is 4.90 Å². The van der Waals surface area contributed by atoms with Crippen molar-refractivity contribution in [2.45, 2.75) is 64.1 Å². The number of benzene rings is 3. The van der Waals surface area contributed by atoms with Crippen LogP contribution in [0.3, 0.4) is 0 Å². The van der Waals surface area contributed by atoms with Crippen molar-refractivity contribution in [3.63, 3.8) is 0 Å². The highest BCUT2D eigenvalue weighted by molar-refractivity contribution is 6.34. The van der Waals surface area contributed by atoms with Gasteiger partial charge in [0.15, 0.2) is 6.29 Å². The van der Waals surface area contributed by atoms with Gasteiger partial charge in [0.1, 0.15) is 0 Å². The molecule has 0 radical (unpaired) electrons. The Labute approximate surface area is 241 Å². The molecule has 0 spiro atoms. The molecule has 6 rings (SSSR count). The molecule has 2 saturated heterocycles. The molecule has 0 bridgehead atoms. The molecule has 3 aliphatic rings. The Balaban J connectivity index is 1.25. The maximum atomic E-state index is 13.0. The molecule has 3 heterocycles. The van der Waals surface area contributed by atoms with Gasteiger partial charge in [0, 0.05) is 18.0 Å². The van der Waals surface area contributed by atoms with Gasteiger partial charge in [-0.2, -0.15) is 0 Å². The number of anilines is 1. The van der Waals surface area contributed by atoms with Crippen LogP contribution in [0.2, 0.25) is 0 Å². The van der Waals surface area contributed by atoms with E-state index >= 15 is 0 Å². The van der Waals surface area contributed by atoms with Crippen LogP contribution in [-0.4, -0.2) is 47.6 Å². The van der Waals surface area contributed by atoms with Crippen LogP contribution in [0.1, 0.15) is 88.8 Å². The molecule has 4 unspecified atom stereocenters. The van der Waals surface area contributed by atoms with E-state index < -0.39 is 6.29 Å². The quantitative estimate of drug-likeness (QED) is 0.375. The summed E-state index contributed by atoms with van der Waals surface area (Å²) in [6.07, 6.45) is 5.50. The third-order valence-electron chi connectivity index (χ3n) is 8.73. The summed E-state index contributed by atoms with van der Waals surface area (Å²) in [4.78, 5) is 29.8. The number of hydrogen-bond donors (Lipinski definition) is 1. The van der Waals surface area contributed by atoms with E-state index in [0.29, 0.717) is 16.8 Å². The average Bonchev–Trinajstić information content (AvgIpc) is 3.25. The lowest BCUT2D eigenvalue weighted by Crippen LogP contribution is -2.45. The van der Waals surface area contributed by atoms with Gasteiger partial charge in [-0.05, 0) is 61.3 Å². The van der Waals surface area contributed by atoms with Crippen LogP contribution >= 0.6 is 0 Å². The zero-order valence-corrected chi connectivity index (χ0v) is 23.6. The van der Waals surface area contributed by atoms with Crippen LogP contribution in [0.5, 0.6) is 0 Å². The van der Waals surface area contributed by atoms with Crippen molar-refractivity contribution in [3.05, 3.63) is 101 Å². The summed E-state index contributed by atoms with van der Waals surface area (Å²) in [6.45, 7) is 5.22. The number of carbonyl (C=O) groups excluding carboxylic acids is 2. The molecule has 2 fully saturated rings. The minimum atomic E-state index is -0.593. The first-order valence-electron chi connectivity index (χ1n) is 14.8. The van der Waals surface area contributed by atoms with Crippen LogP contribution < -0.4 is 4.90 Å². The molecule has 0 aliphatic carbocycles. The van der Waals surface area contributed by atoms with Gasteiger partial charge in [0.2, 0.25) is 0 Å². The zero-order chi connectivity index (χ0) is 28.3. The number of amides is 2. The van der Waals surface area contributed by atoms with Gasteiger partial charge >= 0.3 is 0 Å². The largest absolute Gasteiger partial charge is 0.392 e. The summed E-state index contributed by atoms with van der Waals surface area (Å²) in [5, 5.41) is 9.53. The zero-order valence-electron chi connectivity index (χ0n) is 23.6. The van der Waals surface area contributed by atoms with Gasteiger partial charge in [0.25, 0.3) is 11.8 Å². The first-order chi connectivity index (χ1) is 20.0. The third kappa shape index (κ3) is 5.72. The van der Waals surface area contributed by atoms with Crippen LogP contribution in [0, 0.1) is 5.92 Å². The van der Waals surface area contributed by atoms with Crippen LogP contribution in [-0.2, 0) is 16.1 Å². The number of likely N-dealkylation sites (tertiary alicyclic amines) is 1. The lowest BCUT2D eigenvalue weighted by atomic mass is 9.89. The number of aliphatic hydroxyl groups is 1. The van der Waals surface area contributed by atoms with E-state index in [2.05, 4.69) is 11.8 Å². The maximum absolute atomic E-state index is 13.0. The number of aliphatic hydroxyl groups excluding tert-OH is 1. The number of nitrogens with zero attached hydrogens (tertiary/aromatic N) is 2. The minimum absolute atomic E-state index is 0.00410. The molecule has 3 aromatic carbocycles. The highest BCUT2D eigenvalue weighted by atomic mass is 16.7. The summed E-state index contributed by atoms with van der Waals surface area (Å²) in [5.41, 5.74) is 4.15. The summed E-state index contributed by atoms with van der Waals surface area (Å²) in [7, 11) is 0. The molecule has 4 atom stereocenters. The molecule has 1 N–H and O–H groups in total. The van der Waals surface area contributed by atoms with Crippen LogP contribution in [0.15, 0.2) is 72.8 Å². The summed E-state index contributed by atoms with van der Waals surface area (Å²) >= 11 is 0. The summed E-state index contributed by atoms with van der Waals surface area (Å²) < 4.78 is 13.3. The van der Waals surface area contributed by atoms with Crippen molar-refractivity contribution in [3.8, 4) is 0 Å². The van der Waals surface area contributed by atoms with E-state index in [1.165, 1.54) is 37.0 Å². The lowest BCUT2D eigenvalue weighted by Gasteiger charge is -2.43. The molecule has 3 aromatic rings. The Hall–Kier alpha value is -3.36. The Morgan fingerprint density at radius 1 is 0.756 bits per heavy atom. The van der Waals surface area contributed by atoms with Gasteiger partial charge < -0.3 is 19.5 Å². The molecule has 2 amide bonds. The van der Waals surface area contributed by atoms with Crippen molar-refractivity contribution >= 4 is 17.5 Å². The molecule has 41 heavy (non-hydrogen) atoms. The number of imide groups is 1. The summed E-state index contributed by atoms with van der Waals surface area (Å²) in [6, 6.07) is 22.2. The van der Waals surface area contributed by atoms with E-state index in [1.807, 2.05) is 36.4 Å². The molecule has 7 heteroatoms. The normalized spacial score (nSPS) is 25.6. The number of ether oxygens (including phenoxy) is 2. The number of fused-ring (bicyclic) bond motifs is 1. The summed E-state index contributed by atoms with van der Waals surface area (Å²) in [5.74, 6) is -0.497. The number of rotatable bonds is 6. The fourth-order valence-electron chi connectivity index (χ4n) is 6.28. The van der Waals surface area contributed by atoms with E-state index in [-0.39, 0.29) is 36.5 Å². The number of carbonyl (C=O) groups is 2. The number of hydrogen-bond acceptors (Lipinski definition) is 6. The van der Waals surface area contributed by atoms with Gasteiger partial charge in [-0.1, -0.05) is 74.7 Å². The smallest absolute Gasteiger partial charge is 0.266 e. The fraction of sp³-hybridized carbons (Fsp3) is 0.412. The third-order valence-corrected chi connectivity index (χ3v) is 8.73.